The van der Waals surface area contributed by atoms with Crippen LogP contribution >= 0.6 is 22.6 Å². The summed E-state index contributed by atoms with van der Waals surface area (Å²) in [5, 5.41) is 0. The molecular weight excluding hydrogens is 379 g/mol. The van der Waals surface area contributed by atoms with Crippen LogP contribution in [0.1, 0.15) is 27.2 Å². The fourth-order valence-electron chi connectivity index (χ4n) is 1.40. The Hall–Kier alpha value is -1.12. The fraction of sp³-hybridized carbons (Fsp3) is 0.615. The first-order valence-electron chi connectivity index (χ1n) is 6.14. The van der Waals surface area contributed by atoms with Crippen LogP contribution in [0.4, 0.5) is 0 Å². The molecule has 7 heteroatoms. The molecule has 0 amide bonds. The van der Waals surface area contributed by atoms with Gasteiger partial charge in [-0.05, 0) is 6.92 Å². The van der Waals surface area contributed by atoms with Crippen molar-refractivity contribution >= 4 is 40.5 Å². The minimum Gasteiger partial charge on any atom is -0.463 e. The van der Waals surface area contributed by atoms with Gasteiger partial charge in [0.25, 0.3) is 0 Å². The molecule has 0 radical (unpaired) electrons. The van der Waals surface area contributed by atoms with E-state index in [0.29, 0.717) is 11.0 Å². The summed E-state index contributed by atoms with van der Waals surface area (Å²) in [7, 11) is 0. The number of carbonyl (C=O) groups excluding carboxylic acids is 3. The topological polar surface area (TPSA) is 78.9 Å². The minimum absolute atomic E-state index is 0.263. The van der Waals surface area contributed by atoms with E-state index < -0.39 is 30.1 Å². The van der Waals surface area contributed by atoms with Gasteiger partial charge in [-0.15, -0.1) is 0 Å². The van der Waals surface area contributed by atoms with Crippen molar-refractivity contribution in [3.05, 3.63) is 12.2 Å². The second-order valence-corrected chi connectivity index (χ2v) is 4.72. The molecule has 6 nitrogen and oxygen atoms in total. The number of alkyl halides is 1. The maximum Gasteiger partial charge on any atom is 0.330 e. The lowest BCUT2D eigenvalue weighted by Gasteiger charge is -2.23. The van der Waals surface area contributed by atoms with Gasteiger partial charge in [-0.1, -0.05) is 28.7 Å². The number of esters is 3. The Balaban J connectivity index is 4.65. The third-order valence-electron chi connectivity index (χ3n) is 2.11. The van der Waals surface area contributed by atoms with E-state index in [4.69, 9.17) is 14.2 Å². The summed E-state index contributed by atoms with van der Waals surface area (Å²) in [5.41, 5.74) is 0. The van der Waals surface area contributed by atoms with E-state index in [1.807, 2.05) is 22.6 Å². The van der Waals surface area contributed by atoms with Crippen LogP contribution in [0, 0.1) is 0 Å². The summed E-state index contributed by atoms with van der Waals surface area (Å²) < 4.78 is 15.4. The minimum atomic E-state index is -0.626. The molecule has 0 heterocycles. The summed E-state index contributed by atoms with van der Waals surface area (Å²) in [5.74, 6) is -1.38. The molecule has 0 bridgehead atoms. The smallest absolute Gasteiger partial charge is 0.330 e. The molecule has 0 N–H and O–H groups in total. The molecule has 114 valence electrons. The standard InChI is InChI=1S/C13H19IO6/c1-4-18-13(17)7-5-6-11(19-9(2)15)12(8-14)20-10(3)16/h5,7,11-12H,4,6,8H2,1-3H3/b7-5+/t11-,12+/m0/s1. The van der Waals surface area contributed by atoms with E-state index in [2.05, 4.69) is 0 Å². The van der Waals surface area contributed by atoms with Crippen molar-refractivity contribution in [1.29, 1.82) is 0 Å². The average Bonchev–Trinajstić information content (AvgIpc) is 2.34. The van der Waals surface area contributed by atoms with Gasteiger partial charge in [0.15, 0.2) is 0 Å². The molecule has 0 aliphatic heterocycles. The molecule has 0 saturated carbocycles. The maximum absolute atomic E-state index is 11.2. The van der Waals surface area contributed by atoms with Gasteiger partial charge in [0.2, 0.25) is 0 Å². The molecule has 20 heavy (non-hydrogen) atoms. The molecule has 0 aromatic carbocycles. The molecule has 0 rings (SSSR count). The van der Waals surface area contributed by atoms with Crippen LogP contribution in [0.15, 0.2) is 12.2 Å². The van der Waals surface area contributed by atoms with Crippen molar-refractivity contribution in [2.45, 2.75) is 39.4 Å². The average molecular weight is 398 g/mol. The highest BCUT2D eigenvalue weighted by atomic mass is 127. The number of hydrogen-bond acceptors (Lipinski definition) is 6. The Labute approximate surface area is 132 Å². The lowest BCUT2D eigenvalue weighted by atomic mass is 10.1. The second-order valence-electron chi connectivity index (χ2n) is 3.84. The first-order chi connectivity index (χ1) is 9.40. The lowest BCUT2D eigenvalue weighted by Crippen LogP contribution is -2.35. The van der Waals surface area contributed by atoms with Crippen molar-refractivity contribution in [2.24, 2.45) is 0 Å². The Morgan fingerprint density at radius 1 is 1.10 bits per heavy atom. The van der Waals surface area contributed by atoms with Crippen molar-refractivity contribution in [3.63, 3.8) is 0 Å². The van der Waals surface area contributed by atoms with Crippen molar-refractivity contribution in [3.8, 4) is 0 Å². The summed E-state index contributed by atoms with van der Waals surface area (Å²) in [4.78, 5) is 33.3. The Kier molecular flexibility index (Phi) is 10.0. The summed E-state index contributed by atoms with van der Waals surface area (Å²) in [6.45, 7) is 4.57. The van der Waals surface area contributed by atoms with E-state index >= 15 is 0 Å². The number of ether oxygens (including phenoxy) is 3. The molecular formula is C13H19IO6. The predicted molar refractivity (Wildman–Crippen MR) is 80.4 cm³/mol. The largest absolute Gasteiger partial charge is 0.463 e. The fourth-order valence-corrected chi connectivity index (χ4v) is 2.14. The molecule has 0 aliphatic rings. The van der Waals surface area contributed by atoms with Gasteiger partial charge in [-0.3, -0.25) is 9.59 Å². The zero-order chi connectivity index (χ0) is 15.5. The maximum atomic E-state index is 11.2. The molecule has 0 fully saturated rings. The monoisotopic (exact) mass is 398 g/mol. The number of rotatable bonds is 8. The Morgan fingerprint density at radius 3 is 2.10 bits per heavy atom. The van der Waals surface area contributed by atoms with Gasteiger partial charge in [-0.25, -0.2) is 4.79 Å². The van der Waals surface area contributed by atoms with Crippen LogP contribution in [0.2, 0.25) is 0 Å². The summed E-state index contributed by atoms with van der Waals surface area (Å²) >= 11 is 2.04. The lowest BCUT2D eigenvalue weighted by molar-refractivity contribution is -0.163. The van der Waals surface area contributed by atoms with Gasteiger partial charge >= 0.3 is 17.9 Å². The molecule has 2 atom stereocenters. The normalized spacial score (nSPS) is 13.6. The third-order valence-corrected chi connectivity index (χ3v) is 2.98. The molecule has 0 aromatic rings. The highest BCUT2D eigenvalue weighted by Crippen LogP contribution is 2.13. The Bertz CT molecular complexity index is 366. The molecule has 0 aliphatic carbocycles. The van der Waals surface area contributed by atoms with Crippen molar-refractivity contribution in [2.75, 3.05) is 11.0 Å². The third kappa shape index (κ3) is 8.89. The summed E-state index contributed by atoms with van der Waals surface area (Å²) in [6.07, 6.45) is 1.88. The predicted octanol–water partition coefficient (Wildman–Crippen LogP) is 1.79. The number of hydrogen-bond donors (Lipinski definition) is 0. The van der Waals surface area contributed by atoms with E-state index in [1.54, 1.807) is 6.92 Å². The highest BCUT2D eigenvalue weighted by Gasteiger charge is 2.25. The zero-order valence-corrected chi connectivity index (χ0v) is 13.9. The van der Waals surface area contributed by atoms with Crippen LogP contribution in [0.3, 0.4) is 0 Å². The van der Waals surface area contributed by atoms with Crippen LogP contribution in [-0.2, 0) is 28.6 Å². The van der Waals surface area contributed by atoms with E-state index in [1.165, 1.54) is 26.0 Å². The number of halogens is 1. The van der Waals surface area contributed by atoms with Gasteiger partial charge in [0.05, 0.1) is 6.61 Å². The first kappa shape index (κ1) is 18.9. The number of carbonyl (C=O) groups is 3. The Morgan fingerprint density at radius 2 is 1.65 bits per heavy atom. The molecule has 0 aromatic heterocycles. The van der Waals surface area contributed by atoms with Crippen molar-refractivity contribution < 1.29 is 28.6 Å². The van der Waals surface area contributed by atoms with Crippen LogP contribution in [-0.4, -0.2) is 41.2 Å². The molecule has 0 spiro atoms. The van der Waals surface area contributed by atoms with Crippen LogP contribution in [0.25, 0.3) is 0 Å². The van der Waals surface area contributed by atoms with Crippen LogP contribution in [0.5, 0.6) is 0 Å². The SMILES string of the molecule is CCOC(=O)/C=C/C[C@H](OC(C)=O)[C@@H](CI)OC(C)=O. The van der Waals surface area contributed by atoms with Gasteiger partial charge in [0, 0.05) is 30.8 Å². The van der Waals surface area contributed by atoms with E-state index in [-0.39, 0.29) is 6.42 Å². The van der Waals surface area contributed by atoms with Gasteiger partial charge < -0.3 is 14.2 Å². The van der Waals surface area contributed by atoms with E-state index in [0.717, 1.165) is 0 Å². The van der Waals surface area contributed by atoms with Gasteiger partial charge in [-0.2, -0.15) is 0 Å². The van der Waals surface area contributed by atoms with Gasteiger partial charge in [0.1, 0.15) is 12.2 Å². The molecule has 0 saturated heterocycles. The zero-order valence-electron chi connectivity index (χ0n) is 11.8. The highest BCUT2D eigenvalue weighted by molar-refractivity contribution is 14.1. The van der Waals surface area contributed by atoms with E-state index in [9.17, 15) is 14.4 Å². The van der Waals surface area contributed by atoms with Crippen molar-refractivity contribution in [1.82, 2.24) is 0 Å². The summed E-state index contributed by atoms with van der Waals surface area (Å²) in [6, 6.07) is 0. The molecule has 0 unspecified atom stereocenters. The second kappa shape index (κ2) is 10.6. The first-order valence-corrected chi connectivity index (χ1v) is 7.66. The quantitative estimate of drug-likeness (QED) is 0.204. The van der Waals surface area contributed by atoms with Crippen LogP contribution < -0.4 is 0 Å².